The van der Waals surface area contributed by atoms with E-state index >= 15 is 0 Å². The van der Waals surface area contributed by atoms with Crippen LogP contribution in [-0.2, 0) is 24.4 Å². The number of nitrogens with zero attached hydrogens (tertiary/aromatic N) is 3. The van der Waals surface area contributed by atoms with Crippen LogP contribution < -0.4 is 19.5 Å². The maximum Gasteiger partial charge on any atom is 0.259 e. The zero-order valence-electron chi connectivity index (χ0n) is 29.7. The number of hydrogen-bond acceptors (Lipinski definition) is 10. The van der Waals surface area contributed by atoms with Crippen LogP contribution in [0.5, 0.6) is 11.5 Å². The number of methoxy groups -OCH3 is 1. The maximum absolute atomic E-state index is 14.3. The zero-order valence-corrected chi connectivity index (χ0v) is 32.1. The van der Waals surface area contributed by atoms with Crippen LogP contribution in [0.2, 0.25) is 5.02 Å². The van der Waals surface area contributed by atoms with E-state index in [1.54, 1.807) is 18.0 Å². The van der Waals surface area contributed by atoms with E-state index in [1.807, 2.05) is 29.7 Å². The average Bonchev–Trinajstić information content (AvgIpc) is 3.98. The minimum absolute atomic E-state index is 0.168. The van der Waals surface area contributed by atoms with E-state index in [0.717, 1.165) is 25.0 Å². The first-order chi connectivity index (χ1) is 24.8. The number of nitrogens with one attached hydrogen (secondary N) is 2. The van der Waals surface area contributed by atoms with Crippen LogP contribution in [-0.4, -0.2) is 78.6 Å². The molecule has 2 unspecified atom stereocenters. The molecule has 0 radical (unpaired) electrons. The number of sulfonamides is 1. The molecule has 2 N–H and O–H groups in total. The number of allylic oxidation sites excluding steroid dienone is 1. The molecule has 0 bridgehead atoms. The molecule has 0 saturated heterocycles. The summed E-state index contributed by atoms with van der Waals surface area (Å²) in [5.41, 5.74) is 0.576. The summed E-state index contributed by atoms with van der Waals surface area (Å²) < 4.78 is 40.0. The summed E-state index contributed by atoms with van der Waals surface area (Å²) in [6, 6.07) is 5.39. The number of halogens is 1. The van der Waals surface area contributed by atoms with Gasteiger partial charge < -0.3 is 19.7 Å². The summed E-state index contributed by atoms with van der Waals surface area (Å²) in [4.78, 5) is 53.2. The van der Waals surface area contributed by atoms with Crippen molar-refractivity contribution in [3.8, 4) is 22.2 Å². The van der Waals surface area contributed by atoms with Crippen LogP contribution in [0.1, 0.15) is 76.8 Å². The molecule has 2 aromatic heterocycles. The molecule has 12 nitrogen and oxygen atoms in total. The lowest BCUT2D eigenvalue weighted by molar-refractivity contribution is -0.140. The van der Waals surface area contributed by atoms with Crippen LogP contribution in [0, 0.1) is 17.8 Å². The van der Waals surface area contributed by atoms with Crippen molar-refractivity contribution >= 4 is 61.6 Å². The number of hydrogen-bond donors (Lipinski definition) is 2. The first-order valence-electron chi connectivity index (χ1n) is 17.9. The molecule has 3 fully saturated rings. The Kier molecular flexibility index (Phi) is 10.0. The van der Waals surface area contributed by atoms with E-state index < -0.39 is 50.6 Å². The number of ether oxygens (including phenoxy) is 2. The molecule has 3 aromatic rings. The fourth-order valence-corrected chi connectivity index (χ4v) is 9.90. The van der Waals surface area contributed by atoms with Crippen LogP contribution >= 0.6 is 22.9 Å². The van der Waals surface area contributed by atoms with Crippen molar-refractivity contribution in [2.24, 2.45) is 17.8 Å². The van der Waals surface area contributed by atoms with Crippen molar-refractivity contribution in [2.45, 2.75) is 88.0 Å². The Morgan fingerprint density at radius 2 is 1.90 bits per heavy atom. The number of fused-ring (bicyclic) bond motifs is 3. The zero-order chi connectivity index (χ0) is 36.9. The number of carbonyl (C=O) groups excluding carboxylic acids is 3. The number of aromatic nitrogens is 2. The van der Waals surface area contributed by atoms with Gasteiger partial charge in [-0.15, -0.1) is 11.3 Å². The molecule has 278 valence electrons. The minimum Gasteiger partial charge on any atom is -0.495 e. The van der Waals surface area contributed by atoms with Gasteiger partial charge in [-0.1, -0.05) is 37.6 Å². The predicted octanol–water partition coefficient (Wildman–Crippen LogP) is 5.60. The molecule has 15 heteroatoms. The monoisotopic (exact) mass is 769 g/mol. The third kappa shape index (κ3) is 7.13. The Hall–Kier alpha value is -3.75. The quantitative estimate of drug-likeness (QED) is 0.279. The van der Waals surface area contributed by atoms with Crippen molar-refractivity contribution in [2.75, 3.05) is 20.7 Å². The largest absolute Gasteiger partial charge is 0.495 e. The molecule has 52 heavy (non-hydrogen) atoms. The molecule has 1 aromatic carbocycles. The van der Waals surface area contributed by atoms with Gasteiger partial charge in [0.05, 0.1) is 35.4 Å². The van der Waals surface area contributed by atoms with Gasteiger partial charge in [-0.2, -0.15) is 0 Å². The van der Waals surface area contributed by atoms with Gasteiger partial charge in [0, 0.05) is 36.3 Å². The maximum atomic E-state index is 14.3. The number of benzene rings is 1. The van der Waals surface area contributed by atoms with E-state index in [2.05, 4.69) is 23.9 Å². The Morgan fingerprint density at radius 1 is 1.13 bits per heavy atom. The molecular formula is C37H44ClN5O7S2. The minimum atomic E-state index is -3.84. The third-order valence-electron chi connectivity index (χ3n) is 10.7. The lowest BCUT2D eigenvalue weighted by Crippen LogP contribution is -2.54. The highest BCUT2D eigenvalue weighted by atomic mass is 35.5. The number of rotatable bonds is 8. The highest BCUT2D eigenvalue weighted by Crippen LogP contribution is 2.47. The van der Waals surface area contributed by atoms with Gasteiger partial charge in [0.25, 0.3) is 5.91 Å². The number of pyridine rings is 1. The van der Waals surface area contributed by atoms with Gasteiger partial charge in [-0.05, 0) is 69.4 Å². The fourth-order valence-electron chi connectivity index (χ4n) is 7.31. The van der Waals surface area contributed by atoms with E-state index in [1.165, 1.54) is 18.4 Å². The highest BCUT2D eigenvalue weighted by molar-refractivity contribution is 7.91. The lowest BCUT2D eigenvalue weighted by atomic mass is 9.93. The van der Waals surface area contributed by atoms with Crippen LogP contribution in [0.15, 0.2) is 35.7 Å². The summed E-state index contributed by atoms with van der Waals surface area (Å²) in [5, 5.41) is 6.02. The molecule has 3 aliphatic carbocycles. The molecule has 3 heterocycles. The van der Waals surface area contributed by atoms with Gasteiger partial charge in [0.15, 0.2) is 0 Å². The Balaban J connectivity index is 1.21. The van der Waals surface area contributed by atoms with E-state index in [9.17, 15) is 22.8 Å². The second-order valence-corrected chi connectivity index (χ2v) is 18.0. The van der Waals surface area contributed by atoms with Crippen molar-refractivity contribution in [3.63, 3.8) is 0 Å². The number of thiazole rings is 1. The van der Waals surface area contributed by atoms with Crippen molar-refractivity contribution < 1.29 is 32.3 Å². The Labute approximate surface area is 312 Å². The Morgan fingerprint density at radius 3 is 2.62 bits per heavy atom. The summed E-state index contributed by atoms with van der Waals surface area (Å²) in [7, 11) is -0.553. The summed E-state index contributed by atoms with van der Waals surface area (Å²) >= 11 is 8.27. The summed E-state index contributed by atoms with van der Waals surface area (Å²) in [5.74, 6) is -2.09. The molecule has 4 aliphatic rings. The molecule has 7 rings (SSSR count). The molecule has 0 spiro atoms. The van der Waals surface area contributed by atoms with Gasteiger partial charge in [-0.25, -0.2) is 18.4 Å². The van der Waals surface area contributed by atoms with Gasteiger partial charge in [0.1, 0.15) is 38.9 Å². The van der Waals surface area contributed by atoms with Crippen LogP contribution in [0.4, 0.5) is 0 Å². The van der Waals surface area contributed by atoms with Crippen molar-refractivity contribution in [1.82, 2.24) is 24.9 Å². The summed E-state index contributed by atoms with van der Waals surface area (Å²) in [6.07, 6.45) is 7.42. The first kappa shape index (κ1) is 36.6. The highest BCUT2D eigenvalue weighted by Gasteiger charge is 2.62. The smallest absolute Gasteiger partial charge is 0.259 e. The molecule has 5 atom stereocenters. The van der Waals surface area contributed by atoms with Crippen LogP contribution in [0.25, 0.3) is 21.6 Å². The van der Waals surface area contributed by atoms with Crippen molar-refractivity contribution in [3.05, 3.63) is 46.4 Å². The molecule has 3 saturated carbocycles. The van der Waals surface area contributed by atoms with Gasteiger partial charge >= 0.3 is 0 Å². The lowest BCUT2D eigenvalue weighted by Gasteiger charge is -2.26. The van der Waals surface area contributed by atoms with E-state index in [4.69, 9.17) is 31.0 Å². The second-order valence-electron chi connectivity index (χ2n) is 14.8. The SMILES string of the molecule is COc1ccc2c(OC3CC4C(=O)N(C)CCCCC=C[C@@H]5C[C@@]5(C(=O)NS(=O)(=O)C5CC5)NC(=O)[C@@H]4C3)cc(-c3nc(C(C)C)cs3)nc2c1Cl. The van der Waals surface area contributed by atoms with Crippen molar-refractivity contribution in [1.29, 1.82) is 0 Å². The summed E-state index contributed by atoms with van der Waals surface area (Å²) in [6.45, 7) is 4.69. The predicted molar refractivity (Wildman–Crippen MR) is 199 cm³/mol. The van der Waals surface area contributed by atoms with Gasteiger partial charge in [0.2, 0.25) is 21.8 Å². The fraction of sp³-hybridized carbons (Fsp3) is 0.541. The normalized spacial score (nSPS) is 26.8. The molecule has 1 aliphatic heterocycles. The second kappa shape index (κ2) is 14.2. The van der Waals surface area contributed by atoms with E-state index in [0.29, 0.717) is 57.5 Å². The Bertz CT molecular complexity index is 2050. The van der Waals surface area contributed by atoms with Gasteiger partial charge in [-0.3, -0.25) is 19.1 Å². The first-order valence-corrected chi connectivity index (χ1v) is 20.7. The van der Waals surface area contributed by atoms with Crippen LogP contribution in [0.3, 0.4) is 0 Å². The topological polar surface area (TPSA) is 157 Å². The average molecular weight is 770 g/mol. The number of amides is 3. The number of carbonyl (C=O) groups is 3. The molecule has 3 amide bonds. The van der Waals surface area contributed by atoms with E-state index in [-0.39, 0.29) is 37.0 Å². The third-order valence-corrected chi connectivity index (χ3v) is 13.8. The molecular weight excluding hydrogens is 726 g/mol. The standard InChI is InChI=1S/C37H44ClN5O7S2/c1-20(2)28-19-51-34(40-28)27-17-30(24-12-13-29(49-4)31(38)32(24)39-27)50-22-15-25-26(16-22)35(45)43(3)14-8-6-5-7-9-21-18-37(21,41-33(25)44)36(46)42-52(47,48)23-10-11-23/h7,9,12-13,17,19-23,25-26H,5-6,8,10-11,14-16,18H2,1-4H3,(H,41,44)(H,42,46)/t21-,22?,25-,26?,37-/m1/s1.